The normalized spacial score (nSPS) is 9.25. The Kier molecular flexibility index (Phi) is 5.45. The van der Waals surface area contributed by atoms with E-state index in [1.54, 1.807) is 6.92 Å². The second kappa shape index (κ2) is 5.83. The fraction of sp³-hybridized carbons (Fsp3) is 0.714. The van der Waals surface area contributed by atoms with Crippen LogP contribution in [-0.4, -0.2) is 42.9 Å². The molecule has 12 heavy (non-hydrogen) atoms. The molecule has 5 heteroatoms. The van der Waals surface area contributed by atoms with Gasteiger partial charge >= 0.3 is 5.97 Å². The van der Waals surface area contributed by atoms with Gasteiger partial charge in [0, 0.05) is 6.54 Å². The van der Waals surface area contributed by atoms with Crippen LogP contribution in [0, 0.1) is 0 Å². The van der Waals surface area contributed by atoms with Gasteiger partial charge in [-0.15, -0.1) is 11.6 Å². The van der Waals surface area contributed by atoms with Crippen molar-refractivity contribution in [1.29, 1.82) is 0 Å². The van der Waals surface area contributed by atoms with E-state index >= 15 is 0 Å². The number of amides is 1. The first-order valence-electron chi connectivity index (χ1n) is 3.56. The van der Waals surface area contributed by atoms with Gasteiger partial charge in [0.25, 0.3) is 0 Å². The van der Waals surface area contributed by atoms with E-state index in [0.717, 1.165) is 0 Å². The number of likely N-dealkylation sites (N-methyl/N-ethyl adjacent to an activating group) is 1. The van der Waals surface area contributed by atoms with Crippen LogP contribution in [0.1, 0.15) is 6.92 Å². The van der Waals surface area contributed by atoms with Crippen LogP contribution in [0.25, 0.3) is 0 Å². The first kappa shape index (κ1) is 11.2. The Hall–Kier alpha value is -0.770. The van der Waals surface area contributed by atoms with E-state index in [1.165, 1.54) is 12.0 Å². The van der Waals surface area contributed by atoms with Gasteiger partial charge in [-0.05, 0) is 6.92 Å². The molecule has 0 aromatic rings. The average molecular weight is 194 g/mol. The predicted molar refractivity (Wildman–Crippen MR) is 45.0 cm³/mol. The second-order valence-corrected chi connectivity index (χ2v) is 2.38. The number of carbonyl (C=O) groups excluding carboxylic acids is 2. The van der Waals surface area contributed by atoms with Crippen molar-refractivity contribution in [2.75, 3.05) is 26.1 Å². The maximum absolute atomic E-state index is 11.0. The maximum Gasteiger partial charge on any atom is 0.325 e. The van der Waals surface area contributed by atoms with Crippen molar-refractivity contribution in [1.82, 2.24) is 4.90 Å². The van der Waals surface area contributed by atoms with Crippen LogP contribution in [0.3, 0.4) is 0 Å². The zero-order chi connectivity index (χ0) is 9.56. The van der Waals surface area contributed by atoms with Crippen molar-refractivity contribution in [3.8, 4) is 0 Å². The molecule has 0 aromatic heterocycles. The third kappa shape index (κ3) is 3.57. The number of methoxy groups -OCH3 is 1. The lowest BCUT2D eigenvalue weighted by molar-refractivity contribution is -0.146. The molecular formula is C7H12ClNO3. The summed E-state index contributed by atoms with van der Waals surface area (Å²) in [6.07, 6.45) is 0. The van der Waals surface area contributed by atoms with Crippen LogP contribution >= 0.6 is 11.6 Å². The molecule has 0 rings (SSSR count). The molecule has 0 saturated carbocycles. The molecule has 0 N–H and O–H groups in total. The highest BCUT2D eigenvalue weighted by molar-refractivity contribution is 6.27. The minimum absolute atomic E-state index is 0.0292. The predicted octanol–water partition coefficient (Wildman–Crippen LogP) is 0.247. The molecule has 0 atom stereocenters. The third-order valence-electron chi connectivity index (χ3n) is 1.40. The molecule has 70 valence electrons. The molecule has 4 nitrogen and oxygen atoms in total. The smallest absolute Gasteiger partial charge is 0.325 e. The summed E-state index contributed by atoms with van der Waals surface area (Å²) in [6.45, 7) is 2.20. The first-order valence-corrected chi connectivity index (χ1v) is 4.09. The summed E-state index contributed by atoms with van der Waals surface area (Å²) in [4.78, 5) is 23.1. The van der Waals surface area contributed by atoms with E-state index < -0.39 is 5.97 Å². The molecule has 0 aromatic carbocycles. The van der Waals surface area contributed by atoms with Gasteiger partial charge < -0.3 is 9.64 Å². The fourth-order valence-corrected chi connectivity index (χ4v) is 0.850. The Morgan fingerprint density at radius 2 is 2.08 bits per heavy atom. The lowest BCUT2D eigenvalue weighted by Crippen LogP contribution is -2.36. The molecule has 0 saturated heterocycles. The Morgan fingerprint density at radius 1 is 1.50 bits per heavy atom. The number of hydrogen-bond donors (Lipinski definition) is 0. The maximum atomic E-state index is 11.0. The van der Waals surface area contributed by atoms with Gasteiger partial charge in [-0.1, -0.05) is 0 Å². The number of rotatable bonds is 4. The van der Waals surface area contributed by atoms with E-state index in [0.29, 0.717) is 6.54 Å². The topological polar surface area (TPSA) is 46.6 Å². The van der Waals surface area contributed by atoms with Crippen molar-refractivity contribution in [3.63, 3.8) is 0 Å². The van der Waals surface area contributed by atoms with Gasteiger partial charge in [-0.2, -0.15) is 0 Å². The first-order chi connectivity index (χ1) is 5.65. The SMILES string of the molecule is CCN(CC(=O)OC)C(=O)CCl. The Morgan fingerprint density at radius 3 is 2.42 bits per heavy atom. The van der Waals surface area contributed by atoms with Crippen molar-refractivity contribution in [3.05, 3.63) is 0 Å². The van der Waals surface area contributed by atoms with Crippen LogP contribution in [0.4, 0.5) is 0 Å². The van der Waals surface area contributed by atoms with Crippen LogP contribution in [0.5, 0.6) is 0 Å². The number of ether oxygens (including phenoxy) is 1. The van der Waals surface area contributed by atoms with Crippen LogP contribution in [0.15, 0.2) is 0 Å². The van der Waals surface area contributed by atoms with Gasteiger partial charge in [0.1, 0.15) is 12.4 Å². The zero-order valence-electron chi connectivity index (χ0n) is 7.17. The quantitative estimate of drug-likeness (QED) is 0.475. The van der Waals surface area contributed by atoms with E-state index in [2.05, 4.69) is 4.74 Å². The molecular weight excluding hydrogens is 182 g/mol. The van der Waals surface area contributed by atoms with E-state index in [-0.39, 0.29) is 18.3 Å². The molecule has 0 spiro atoms. The Balaban J connectivity index is 3.99. The Labute approximate surface area is 76.4 Å². The van der Waals surface area contributed by atoms with Crippen molar-refractivity contribution in [2.45, 2.75) is 6.92 Å². The molecule has 0 fully saturated rings. The summed E-state index contributed by atoms with van der Waals surface area (Å²) in [5.74, 6) is -0.801. The summed E-state index contributed by atoms with van der Waals surface area (Å²) in [6, 6.07) is 0. The highest BCUT2D eigenvalue weighted by Crippen LogP contribution is 1.92. The number of nitrogens with zero attached hydrogens (tertiary/aromatic N) is 1. The summed E-state index contributed by atoms with van der Waals surface area (Å²) >= 11 is 5.31. The standard InChI is InChI=1S/C7H12ClNO3/c1-3-9(6(10)4-8)5-7(11)12-2/h3-5H2,1-2H3. The van der Waals surface area contributed by atoms with Crippen LogP contribution in [-0.2, 0) is 14.3 Å². The van der Waals surface area contributed by atoms with Crippen LogP contribution in [0.2, 0.25) is 0 Å². The van der Waals surface area contributed by atoms with Gasteiger partial charge in [0.15, 0.2) is 0 Å². The van der Waals surface area contributed by atoms with Gasteiger partial charge in [0.2, 0.25) is 5.91 Å². The Bertz CT molecular complexity index is 172. The summed E-state index contributed by atoms with van der Waals surface area (Å²) in [7, 11) is 1.28. The monoisotopic (exact) mass is 193 g/mol. The third-order valence-corrected chi connectivity index (χ3v) is 1.63. The number of carbonyl (C=O) groups is 2. The number of alkyl halides is 1. The highest BCUT2D eigenvalue weighted by Gasteiger charge is 2.13. The fourth-order valence-electron chi connectivity index (χ4n) is 0.681. The van der Waals surface area contributed by atoms with Gasteiger partial charge in [-0.3, -0.25) is 9.59 Å². The molecule has 0 aliphatic heterocycles. The molecule has 0 unspecified atom stereocenters. The molecule has 1 amide bonds. The highest BCUT2D eigenvalue weighted by atomic mass is 35.5. The average Bonchev–Trinajstić information content (AvgIpc) is 2.12. The molecule has 0 heterocycles. The second-order valence-electron chi connectivity index (χ2n) is 2.12. The van der Waals surface area contributed by atoms with Gasteiger partial charge in [-0.25, -0.2) is 0 Å². The lowest BCUT2D eigenvalue weighted by atomic mass is 10.4. The van der Waals surface area contributed by atoms with Crippen molar-refractivity contribution in [2.24, 2.45) is 0 Å². The summed E-state index contributed by atoms with van der Waals surface area (Å²) in [5.41, 5.74) is 0. The molecule has 0 radical (unpaired) electrons. The minimum atomic E-state index is -0.435. The largest absolute Gasteiger partial charge is 0.468 e. The van der Waals surface area contributed by atoms with E-state index in [1.807, 2.05) is 0 Å². The summed E-state index contributed by atoms with van der Waals surface area (Å²) in [5, 5.41) is 0. The zero-order valence-corrected chi connectivity index (χ0v) is 7.93. The lowest BCUT2D eigenvalue weighted by Gasteiger charge is -2.17. The summed E-state index contributed by atoms with van der Waals surface area (Å²) < 4.78 is 4.40. The van der Waals surface area contributed by atoms with Gasteiger partial charge in [0.05, 0.1) is 7.11 Å². The molecule has 0 aliphatic rings. The number of esters is 1. The van der Waals surface area contributed by atoms with E-state index in [4.69, 9.17) is 11.6 Å². The van der Waals surface area contributed by atoms with E-state index in [9.17, 15) is 9.59 Å². The number of hydrogen-bond acceptors (Lipinski definition) is 3. The minimum Gasteiger partial charge on any atom is -0.468 e. The van der Waals surface area contributed by atoms with Crippen molar-refractivity contribution < 1.29 is 14.3 Å². The molecule has 0 bridgehead atoms. The van der Waals surface area contributed by atoms with Crippen molar-refractivity contribution >= 4 is 23.5 Å². The number of halogens is 1. The molecule has 0 aliphatic carbocycles. The van der Waals surface area contributed by atoms with Crippen LogP contribution < -0.4 is 0 Å².